The molecule has 0 saturated heterocycles. The van der Waals surface area contributed by atoms with Gasteiger partial charge in [-0.25, -0.2) is 4.98 Å². The van der Waals surface area contributed by atoms with Gasteiger partial charge in [-0.05, 0) is 18.6 Å². The van der Waals surface area contributed by atoms with E-state index in [1.54, 1.807) is 0 Å². The van der Waals surface area contributed by atoms with E-state index in [1.165, 1.54) is 0 Å². The third kappa shape index (κ3) is 3.09. The summed E-state index contributed by atoms with van der Waals surface area (Å²) < 4.78 is 2.14. The molecule has 96 valence electrons. The molecule has 0 fully saturated rings. The van der Waals surface area contributed by atoms with Crippen LogP contribution in [0.1, 0.15) is 31.8 Å². The Morgan fingerprint density at radius 2 is 2.11 bits per heavy atom. The summed E-state index contributed by atoms with van der Waals surface area (Å²) in [6, 6.07) is 4.11. The van der Waals surface area contributed by atoms with Crippen LogP contribution < -0.4 is 5.32 Å². The van der Waals surface area contributed by atoms with Crippen LogP contribution in [-0.4, -0.2) is 21.1 Å². The first kappa shape index (κ1) is 12.6. The highest BCUT2D eigenvalue weighted by Gasteiger charge is 2.03. The van der Waals surface area contributed by atoms with Crippen molar-refractivity contribution in [3.05, 3.63) is 42.2 Å². The SMILES string of the molecule is CCCNc1ccnc(Cn2ccnc2CC)c1. The Hall–Kier alpha value is -1.84. The van der Waals surface area contributed by atoms with Crippen molar-refractivity contribution < 1.29 is 0 Å². The van der Waals surface area contributed by atoms with Gasteiger partial charge in [-0.2, -0.15) is 0 Å². The second kappa shape index (κ2) is 6.19. The molecular weight excluding hydrogens is 224 g/mol. The van der Waals surface area contributed by atoms with Gasteiger partial charge in [0.1, 0.15) is 5.82 Å². The van der Waals surface area contributed by atoms with Crippen molar-refractivity contribution >= 4 is 5.69 Å². The van der Waals surface area contributed by atoms with Crippen molar-refractivity contribution in [3.63, 3.8) is 0 Å². The van der Waals surface area contributed by atoms with Gasteiger partial charge in [0.2, 0.25) is 0 Å². The van der Waals surface area contributed by atoms with E-state index in [2.05, 4.69) is 39.8 Å². The molecule has 0 unspecified atom stereocenters. The van der Waals surface area contributed by atoms with Crippen LogP contribution in [0.25, 0.3) is 0 Å². The molecule has 18 heavy (non-hydrogen) atoms. The number of nitrogens with one attached hydrogen (secondary N) is 1. The molecule has 2 heterocycles. The molecule has 2 aromatic heterocycles. The molecule has 1 N–H and O–H groups in total. The number of anilines is 1. The molecule has 4 heteroatoms. The van der Waals surface area contributed by atoms with Gasteiger partial charge in [0.25, 0.3) is 0 Å². The normalized spacial score (nSPS) is 10.6. The molecule has 4 nitrogen and oxygen atoms in total. The van der Waals surface area contributed by atoms with Crippen LogP contribution in [0.4, 0.5) is 5.69 Å². The predicted octanol–water partition coefficient (Wildman–Crippen LogP) is 2.71. The summed E-state index contributed by atoms with van der Waals surface area (Å²) in [4.78, 5) is 8.73. The molecular formula is C14H20N4. The molecule has 0 aliphatic rings. The largest absolute Gasteiger partial charge is 0.385 e. The molecule has 0 radical (unpaired) electrons. The van der Waals surface area contributed by atoms with Gasteiger partial charge in [-0.15, -0.1) is 0 Å². The van der Waals surface area contributed by atoms with Gasteiger partial charge in [-0.3, -0.25) is 4.98 Å². The summed E-state index contributed by atoms with van der Waals surface area (Å²) >= 11 is 0. The van der Waals surface area contributed by atoms with Crippen molar-refractivity contribution in [2.45, 2.75) is 33.2 Å². The summed E-state index contributed by atoms with van der Waals surface area (Å²) in [5.74, 6) is 1.10. The Kier molecular flexibility index (Phi) is 4.34. The van der Waals surface area contributed by atoms with Crippen LogP contribution in [-0.2, 0) is 13.0 Å². The number of nitrogens with zero attached hydrogens (tertiary/aromatic N) is 3. The average molecular weight is 244 g/mol. The van der Waals surface area contributed by atoms with Crippen molar-refractivity contribution in [3.8, 4) is 0 Å². The maximum absolute atomic E-state index is 4.41. The molecule has 2 rings (SSSR count). The molecule has 0 aliphatic heterocycles. The third-order valence-corrected chi connectivity index (χ3v) is 2.85. The maximum atomic E-state index is 4.41. The standard InChI is InChI=1S/C14H20N4/c1-3-6-15-12-5-7-16-13(10-12)11-18-9-8-17-14(18)4-2/h5,7-10H,3-4,6,11H2,1-2H3,(H,15,16). The van der Waals surface area contributed by atoms with E-state index in [9.17, 15) is 0 Å². The Balaban J connectivity index is 2.09. The number of hydrogen-bond acceptors (Lipinski definition) is 3. The van der Waals surface area contributed by atoms with Crippen molar-refractivity contribution in [2.24, 2.45) is 0 Å². The Labute approximate surface area is 108 Å². The van der Waals surface area contributed by atoms with E-state index >= 15 is 0 Å². The highest BCUT2D eigenvalue weighted by atomic mass is 15.1. The van der Waals surface area contributed by atoms with E-state index in [0.717, 1.165) is 43.1 Å². The van der Waals surface area contributed by atoms with Gasteiger partial charge in [-0.1, -0.05) is 13.8 Å². The van der Waals surface area contributed by atoms with E-state index in [1.807, 2.05) is 24.7 Å². The number of hydrogen-bond donors (Lipinski definition) is 1. The van der Waals surface area contributed by atoms with Crippen LogP contribution in [0.15, 0.2) is 30.7 Å². The summed E-state index contributed by atoms with van der Waals surface area (Å²) in [5.41, 5.74) is 2.20. The van der Waals surface area contributed by atoms with E-state index < -0.39 is 0 Å². The first-order valence-electron chi connectivity index (χ1n) is 6.52. The monoisotopic (exact) mass is 244 g/mol. The van der Waals surface area contributed by atoms with Crippen LogP contribution >= 0.6 is 0 Å². The quantitative estimate of drug-likeness (QED) is 0.849. The summed E-state index contributed by atoms with van der Waals surface area (Å²) in [5, 5.41) is 3.38. The number of aromatic nitrogens is 3. The summed E-state index contributed by atoms with van der Waals surface area (Å²) in [7, 11) is 0. The fraction of sp³-hybridized carbons (Fsp3) is 0.429. The zero-order chi connectivity index (χ0) is 12.8. The summed E-state index contributed by atoms with van der Waals surface area (Å²) in [6.07, 6.45) is 7.78. The molecule has 0 amide bonds. The zero-order valence-electron chi connectivity index (χ0n) is 11.1. The number of aryl methyl sites for hydroxylation is 1. The van der Waals surface area contributed by atoms with E-state index in [4.69, 9.17) is 0 Å². The van der Waals surface area contributed by atoms with Crippen molar-refractivity contribution in [1.82, 2.24) is 14.5 Å². The first-order valence-corrected chi connectivity index (χ1v) is 6.52. The zero-order valence-corrected chi connectivity index (χ0v) is 11.1. The predicted molar refractivity (Wildman–Crippen MR) is 73.7 cm³/mol. The lowest BCUT2D eigenvalue weighted by molar-refractivity contribution is 0.716. The van der Waals surface area contributed by atoms with E-state index in [0.29, 0.717) is 0 Å². The molecule has 0 aliphatic carbocycles. The van der Waals surface area contributed by atoms with Gasteiger partial charge in [0.15, 0.2) is 0 Å². The molecule has 0 aromatic carbocycles. The Morgan fingerprint density at radius 3 is 2.89 bits per heavy atom. The first-order chi connectivity index (χ1) is 8.83. The molecule has 0 atom stereocenters. The van der Waals surface area contributed by atoms with Crippen molar-refractivity contribution in [2.75, 3.05) is 11.9 Å². The topological polar surface area (TPSA) is 42.7 Å². The number of imidazole rings is 1. The maximum Gasteiger partial charge on any atom is 0.108 e. The number of pyridine rings is 1. The Bertz CT molecular complexity index is 490. The third-order valence-electron chi connectivity index (χ3n) is 2.85. The van der Waals surface area contributed by atoms with Gasteiger partial charge >= 0.3 is 0 Å². The van der Waals surface area contributed by atoms with Crippen LogP contribution in [0.2, 0.25) is 0 Å². The van der Waals surface area contributed by atoms with Gasteiger partial charge in [0, 0.05) is 37.2 Å². The molecule has 2 aromatic rings. The molecule has 0 saturated carbocycles. The van der Waals surface area contributed by atoms with Crippen LogP contribution in [0, 0.1) is 0 Å². The highest BCUT2D eigenvalue weighted by Crippen LogP contribution is 2.10. The number of rotatable bonds is 6. The minimum Gasteiger partial charge on any atom is -0.385 e. The lowest BCUT2D eigenvalue weighted by atomic mass is 10.3. The van der Waals surface area contributed by atoms with Crippen LogP contribution in [0.3, 0.4) is 0 Å². The lowest BCUT2D eigenvalue weighted by Gasteiger charge is -2.08. The lowest BCUT2D eigenvalue weighted by Crippen LogP contribution is -2.06. The second-order valence-electron chi connectivity index (χ2n) is 4.29. The second-order valence-corrected chi connectivity index (χ2v) is 4.29. The molecule has 0 bridgehead atoms. The summed E-state index contributed by atoms with van der Waals surface area (Å²) in [6.45, 7) is 6.05. The minimum atomic E-state index is 0.783. The van der Waals surface area contributed by atoms with Crippen LogP contribution in [0.5, 0.6) is 0 Å². The fourth-order valence-corrected chi connectivity index (χ4v) is 1.92. The van der Waals surface area contributed by atoms with Gasteiger partial charge in [0.05, 0.1) is 12.2 Å². The molecule has 0 spiro atoms. The van der Waals surface area contributed by atoms with E-state index in [-0.39, 0.29) is 0 Å². The smallest absolute Gasteiger partial charge is 0.108 e. The van der Waals surface area contributed by atoms with Crippen molar-refractivity contribution in [1.29, 1.82) is 0 Å². The minimum absolute atomic E-state index is 0.783. The highest BCUT2D eigenvalue weighted by molar-refractivity contribution is 5.43. The Morgan fingerprint density at radius 1 is 1.22 bits per heavy atom. The average Bonchev–Trinajstić information content (AvgIpc) is 2.84. The fourth-order valence-electron chi connectivity index (χ4n) is 1.92. The van der Waals surface area contributed by atoms with Gasteiger partial charge < -0.3 is 9.88 Å².